The predicted octanol–water partition coefficient (Wildman–Crippen LogP) is -0.461. The van der Waals surface area contributed by atoms with Crippen LogP contribution < -0.4 is 10.4 Å². The van der Waals surface area contributed by atoms with E-state index in [4.69, 9.17) is 5.73 Å². The maximum absolute atomic E-state index is 11.6. The van der Waals surface area contributed by atoms with Gasteiger partial charge in [-0.2, -0.15) is 0 Å². The fourth-order valence-electron chi connectivity index (χ4n) is 2.47. The molecule has 0 bridgehead atoms. The van der Waals surface area contributed by atoms with Gasteiger partial charge in [0.2, 0.25) is 5.91 Å². The fraction of sp³-hybridized carbons (Fsp3) is 0.417. The van der Waals surface area contributed by atoms with E-state index < -0.39 is 5.97 Å². The molecule has 7 nitrogen and oxygen atoms in total. The summed E-state index contributed by atoms with van der Waals surface area (Å²) in [5, 5.41) is 9.39. The molecule has 1 atom stereocenters. The quantitative estimate of drug-likeness (QED) is 0.581. The first-order valence-electron chi connectivity index (χ1n) is 6.19. The number of thioether (sulfide) groups is 1. The summed E-state index contributed by atoms with van der Waals surface area (Å²) in [6, 6.07) is 1.76. The number of hydrogen-bond acceptors (Lipinski definition) is 4. The van der Waals surface area contributed by atoms with Gasteiger partial charge < -0.3 is 10.8 Å². The Hall–Kier alpha value is -1.96. The molecule has 2 aliphatic heterocycles. The van der Waals surface area contributed by atoms with Crippen LogP contribution in [0.3, 0.4) is 0 Å². The van der Waals surface area contributed by atoms with Gasteiger partial charge in [-0.25, -0.2) is 4.79 Å². The first-order chi connectivity index (χ1) is 9.49. The van der Waals surface area contributed by atoms with E-state index >= 15 is 0 Å². The topological polar surface area (TPSA) is 92.4 Å². The molecule has 20 heavy (non-hydrogen) atoms. The molecule has 106 valence electrons. The Morgan fingerprint density at radius 1 is 1.65 bits per heavy atom. The zero-order chi connectivity index (χ0) is 14.4. The van der Waals surface area contributed by atoms with Crippen molar-refractivity contribution in [1.29, 1.82) is 0 Å². The molecule has 3 rings (SSSR count). The van der Waals surface area contributed by atoms with Gasteiger partial charge in [0, 0.05) is 11.3 Å². The second-order valence-electron chi connectivity index (χ2n) is 4.85. The lowest BCUT2D eigenvalue weighted by molar-refractivity contribution is -0.765. The zero-order valence-corrected chi connectivity index (χ0v) is 11.8. The average molecular weight is 295 g/mol. The normalized spacial score (nSPS) is 21.8. The van der Waals surface area contributed by atoms with Crippen molar-refractivity contribution < 1.29 is 19.4 Å². The lowest BCUT2D eigenvalue weighted by Gasteiger charge is -2.43. The second kappa shape index (κ2) is 4.55. The van der Waals surface area contributed by atoms with Gasteiger partial charge in [0.25, 0.3) is 0 Å². The van der Waals surface area contributed by atoms with E-state index in [1.807, 2.05) is 11.7 Å². The Morgan fingerprint density at radius 2 is 2.40 bits per heavy atom. The first kappa shape index (κ1) is 13.0. The number of hydrogen-bond donors (Lipinski definition) is 2. The molecule has 2 aliphatic rings. The van der Waals surface area contributed by atoms with Crippen molar-refractivity contribution >= 4 is 29.5 Å². The van der Waals surface area contributed by atoms with Crippen LogP contribution in [0.5, 0.6) is 0 Å². The Morgan fingerprint density at radius 3 is 2.95 bits per heavy atom. The third kappa shape index (κ3) is 1.87. The number of amides is 1. The molecule has 1 aromatic rings. The number of anilines is 1. The molecule has 0 spiro atoms. The molecule has 3 N–H and O–H groups in total. The summed E-state index contributed by atoms with van der Waals surface area (Å²) in [4.78, 5) is 24.5. The standard InChI is InChI=1S/C12H14N4O3S/c1-14-8(13)2-3-15(14)5-7-6-20-10-4-9(17)16(10)11(7)12(18)19/h2-3,10,13H,4-6H2,1H3,(H,18,19)/p+1/t10-/m1/s1. The predicted molar refractivity (Wildman–Crippen MR) is 72.4 cm³/mol. The summed E-state index contributed by atoms with van der Waals surface area (Å²) >= 11 is 1.61. The van der Waals surface area contributed by atoms with Crippen molar-refractivity contribution in [1.82, 2.24) is 9.58 Å². The van der Waals surface area contributed by atoms with E-state index in [0.29, 0.717) is 24.5 Å². The molecule has 1 saturated heterocycles. The molecular formula is C12H15N4O3S+. The summed E-state index contributed by atoms with van der Waals surface area (Å²) in [6.07, 6.45) is 2.23. The lowest BCUT2D eigenvalue weighted by atomic mass is 10.1. The molecule has 8 heteroatoms. The van der Waals surface area contributed by atoms with Crippen LogP contribution in [0.1, 0.15) is 6.42 Å². The highest BCUT2D eigenvalue weighted by Crippen LogP contribution is 2.39. The minimum atomic E-state index is -1.04. The highest BCUT2D eigenvalue weighted by molar-refractivity contribution is 8.00. The Bertz CT molecular complexity index is 637. The number of aromatic nitrogens is 2. The number of carboxylic acids is 1. The average Bonchev–Trinajstić information content (AvgIpc) is 2.70. The van der Waals surface area contributed by atoms with Crippen LogP contribution in [0.4, 0.5) is 5.82 Å². The van der Waals surface area contributed by atoms with E-state index in [9.17, 15) is 14.7 Å². The van der Waals surface area contributed by atoms with Crippen LogP contribution in [-0.2, 0) is 23.2 Å². The maximum atomic E-state index is 11.6. The molecule has 1 aromatic heterocycles. The van der Waals surface area contributed by atoms with Gasteiger partial charge in [-0.3, -0.25) is 9.69 Å². The summed E-state index contributed by atoms with van der Waals surface area (Å²) in [5.41, 5.74) is 6.63. The molecule has 1 amide bonds. The highest BCUT2D eigenvalue weighted by Gasteiger charge is 2.46. The van der Waals surface area contributed by atoms with Gasteiger partial charge in [0.05, 0.1) is 24.9 Å². The molecule has 3 heterocycles. The van der Waals surface area contributed by atoms with Gasteiger partial charge in [0.15, 0.2) is 18.6 Å². The van der Waals surface area contributed by atoms with Gasteiger partial charge in [0.1, 0.15) is 5.70 Å². The Balaban J connectivity index is 1.96. The zero-order valence-electron chi connectivity index (χ0n) is 10.9. The molecule has 0 unspecified atom stereocenters. The summed E-state index contributed by atoms with van der Waals surface area (Å²) < 4.78 is 3.58. The van der Waals surface area contributed by atoms with E-state index in [1.165, 1.54) is 4.90 Å². The van der Waals surface area contributed by atoms with Crippen molar-refractivity contribution in [3.8, 4) is 0 Å². The number of aliphatic carboxylic acids is 1. The van der Waals surface area contributed by atoms with Crippen molar-refractivity contribution in [2.24, 2.45) is 7.05 Å². The van der Waals surface area contributed by atoms with E-state index in [1.54, 1.807) is 28.7 Å². The molecule has 0 aromatic carbocycles. The maximum Gasteiger partial charge on any atom is 0.352 e. The number of nitrogen functional groups attached to an aromatic ring is 1. The molecule has 1 fully saturated rings. The van der Waals surface area contributed by atoms with Crippen molar-refractivity contribution in [2.45, 2.75) is 18.3 Å². The molecular weight excluding hydrogens is 280 g/mol. The third-order valence-electron chi connectivity index (χ3n) is 3.66. The van der Waals surface area contributed by atoms with Crippen LogP contribution in [-0.4, -0.2) is 37.7 Å². The largest absolute Gasteiger partial charge is 0.477 e. The van der Waals surface area contributed by atoms with E-state index in [-0.39, 0.29) is 17.0 Å². The van der Waals surface area contributed by atoms with Gasteiger partial charge >= 0.3 is 5.97 Å². The van der Waals surface area contributed by atoms with Crippen LogP contribution >= 0.6 is 11.8 Å². The van der Waals surface area contributed by atoms with E-state index in [2.05, 4.69) is 0 Å². The molecule has 0 saturated carbocycles. The van der Waals surface area contributed by atoms with Gasteiger partial charge in [-0.05, 0) is 0 Å². The summed E-state index contributed by atoms with van der Waals surface area (Å²) in [5.74, 6) is 0.0622. The number of β-lactam (4-membered cyclic amide) rings is 1. The number of nitrogens with two attached hydrogens (primary N) is 1. The minimum Gasteiger partial charge on any atom is -0.477 e. The fourth-order valence-corrected chi connectivity index (χ4v) is 3.73. The smallest absolute Gasteiger partial charge is 0.352 e. The van der Waals surface area contributed by atoms with Crippen LogP contribution in [0.25, 0.3) is 0 Å². The van der Waals surface area contributed by atoms with Crippen molar-refractivity contribution in [3.63, 3.8) is 0 Å². The SMILES string of the molecule is Cn1c(N)cc[n+]1CC1=C(C(=O)O)N2C(=O)C[C@H]2SC1. The van der Waals surface area contributed by atoms with Crippen LogP contribution in [0.15, 0.2) is 23.5 Å². The number of rotatable bonds is 3. The first-order valence-corrected chi connectivity index (χ1v) is 7.24. The monoisotopic (exact) mass is 295 g/mol. The van der Waals surface area contributed by atoms with Gasteiger partial charge in [-0.15, -0.1) is 21.1 Å². The Labute approximate surface area is 119 Å². The second-order valence-corrected chi connectivity index (χ2v) is 6.02. The number of carbonyl (C=O) groups is 2. The minimum absolute atomic E-state index is 0.0131. The molecule has 0 aliphatic carbocycles. The molecule has 0 radical (unpaired) electrons. The number of nitrogens with zero attached hydrogens (tertiary/aromatic N) is 3. The van der Waals surface area contributed by atoms with Crippen LogP contribution in [0, 0.1) is 0 Å². The number of carboxylic acid groups (broad SMARTS) is 1. The van der Waals surface area contributed by atoms with E-state index in [0.717, 1.165) is 5.57 Å². The number of carbonyl (C=O) groups excluding carboxylic acids is 1. The summed E-state index contributed by atoms with van der Waals surface area (Å²) in [7, 11) is 1.81. The Kier molecular flexibility index (Phi) is 2.97. The number of fused-ring (bicyclic) bond motifs is 1. The van der Waals surface area contributed by atoms with Crippen molar-refractivity contribution in [3.05, 3.63) is 23.5 Å². The summed E-state index contributed by atoms with van der Waals surface area (Å²) in [6.45, 7) is 0.416. The highest BCUT2D eigenvalue weighted by atomic mass is 32.2. The van der Waals surface area contributed by atoms with Gasteiger partial charge in [-0.1, -0.05) is 0 Å². The lowest BCUT2D eigenvalue weighted by Crippen LogP contribution is -2.55. The van der Waals surface area contributed by atoms with Crippen molar-refractivity contribution in [2.75, 3.05) is 11.5 Å². The third-order valence-corrected chi connectivity index (χ3v) is 4.94. The van der Waals surface area contributed by atoms with Crippen LogP contribution in [0.2, 0.25) is 0 Å².